The average molecular weight is 382 g/mol. The van der Waals surface area contributed by atoms with Crippen LogP contribution in [0.2, 0.25) is 0 Å². The molecule has 8 heteroatoms. The van der Waals surface area contributed by atoms with Crippen molar-refractivity contribution in [3.05, 3.63) is 48.0 Å². The lowest BCUT2D eigenvalue weighted by Crippen LogP contribution is -2.31. The van der Waals surface area contributed by atoms with Crippen LogP contribution < -0.4 is 24.8 Å². The molecule has 1 atom stereocenters. The predicted molar refractivity (Wildman–Crippen MR) is 100 cm³/mol. The molecule has 0 unspecified atom stereocenters. The van der Waals surface area contributed by atoms with E-state index in [2.05, 4.69) is 15.4 Å². The number of ether oxygens (including phenoxy) is 3. The van der Waals surface area contributed by atoms with Crippen molar-refractivity contribution in [3.8, 4) is 17.2 Å². The number of hydrogen-bond acceptors (Lipinski definition) is 4. The predicted octanol–water partition coefficient (Wildman–Crippen LogP) is 4.35. The lowest BCUT2D eigenvalue weighted by Gasteiger charge is -2.20. The van der Waals surface area contributed by atoms with E-state index in [-0.39, 0.29) is 11.8 Å². The Labute approximate surface area is 156 Å². The second-order valence-electron chi connectivity index (χ2n) is 5.33. The molecule has 140 valence electrons. The number of methoxy groups -OCH3 is 2. The summed E-state index contributed by atoms with van der Waals surface area (Å²) in [5, 5.41) is 6.52. The van der Waals surface area contributed by atoms with Gasteiger partial charge in [-0.2, -0.15) is 8.78 Å². The summed E-state index contributed by atoms with van der Waals surface area (Å²) in [6.45, 7) is -0.916. The largest absolute Gasteiger partial charge is 0.497 e. The van der Waals surface area contributed by atoms with E-state index >= 15 is 0 Å². The van der Waals surface area contributed by atoms with Gasteiger partial charge in [0, 0.05) is 11.3 Å². The van der Waals surface area contributed by atoms with Gasteiger partial charge in [-0.25, -0.2) is 0 Å². The Morgan fingerprint density at radius 3 is 2.23 bits per heavy atom. The zero-order valence-corrected chi connectivity index (χ0v) is 15.4. The third-order valence-electron chi connectivity index (χ3n) is 3.59. The number of rotatable bonds is 7. The standard InChI is InChI=1S/C18H20F2N2O3S/c1-11(15-10-14(23-2)8-9-16(15)24-3)21-18(26)22-12-4-6-13(7-5-12)25-17(19)20/h4-11,17H,1-3H3,(H2,21,22,26)/t11-/m0/s1. The van der Waals surface area contributed by atoms with Gasteiger partial charge in [0.25, 0.3) is 0 Å². The first-order valence-electron chi connectivity index (χ1n) is 7.77. The van der Waals surface area contributed by atoms with Crippen LogP contribution in [0, 0.1) is 0 Å². The molecule has 0 amide bonds. The Balaban J connectivity index is 2.01. The maximum absolute atomic E-state index is 12.2. The van der Waals surface area contributed by atoms with E-state index in [0.717, 1.165) is 5.56 Å². The van der Waals surface area contributed by atoms with Crippen LogP contribution in [0.3, 0.4) is 0 Å². The van der Waals surface area contributed by atoms with Crippen molar-refractivity contribution in [3.63, 3.8) is 0 Å². The number of hydrogen-bond donors (Lipinski definition) is 2. The first kappa shape index (κ1) is 19.7. The van der Waals surface area contributed by atoms with Gasteiger partial charge in [0.2, 0.25) is 0 Å². The highest BCUT2D eigenvalue weighted by atomic mass is 32.1. The average Bonchev–Trinajstić information content (AvgIpc) is 2.62. The molecule has 0 saturated heterocycles. The van der Waals surface area contributed by atoms with Crippen LogP contribution >= 0.6 is 12.2 Å². The molecule has 0 bridgehead atoms. The van der Waals surface area contributed by atoms with E-state index in [9.17, 15) is 8.78 Å². The van der Waals surface area contributed by atoms with E-state index in [1.54, 1.807) is 26.4 Å². The summed E-state index contributed by atoms with van der Waals surface area (Å²) in [5.74, 6) is 1.50. The minimum absolute atomic E-state index is 0.0823. The van der Waals surface area contributed by atoms with Crippen LogP contribution in [-0.4, -0.2) is 25.9 Å². The quantitative estimate of drug-likeness (QED) is 0.695. The molecule has 2 rings (SSSR count). The topological polar surface area (TPSA) is 51.8 Å². The van der Waals surface area contributed by atoms with E-state index in [4.69, 9.17) is 21.7 Å². The van der Waals surface area contributed by atoms with Crippen LogP contribution in [0.15, 0.2) is 42.5 Å². The summed E-state index contributed by atoms with van der Waals surface area (Å²) >= 11 is 5.31. The fourth-order valence-corrected chi connectivity index (χ4v) is 2.63. The van der Waals surface area contributed by atoms with Crippen LogP contribution in [0.25, 0.3) is 0 Å². The Hall–Kier alpha value is -2.61. The minimum Gasteiger partial charge on any atom is -0.497 e. The number of benzene rings is 2. The number of alkyl halides is 2. The van der Waals surface area contributed by atoms with Gasteiger partial charge in [0.05, 0.1) is 20.3 Å². The molecule has 2 aromatic carbocycles. The van der Waals surface area contributed by atoms with Crippen LogP contribution in [-0.2, 0) is 0 Å². The maximum Gasteiger partial charge on any atom is 0.387 e. The molecule has 0 fully saturated rings. The molecule has 0 radical (unpaired) electrons. The van der Waals surface area contributed by atoms with Crippen LogP contribution in [0.5, 0.6) is 17.2 Å². The molecule has 0 saturated carbocycles. The van der Waals surface area contributed by atoms with Crippen molar-refractivity contribution in [2.75, 3.05) is 19.5 Å². The summed E-state index contributed by atoms with van der Waals surface area (Å²) in [4.78, 5) is 0. The smallest absolute Gasteiger partial charge is 0.387 e. The van der Waals surface area contributed by atoms with Gasteiger partial charge in [-0.3, -0.25) is 0 Å². The lowest BCUT2D eigenvalue weighted by molar-refractivity contribution is -0.0498. The Morgan fingerprint density at radius 2 is 1.65 bits per heavy atom. The van der Waals surface area contributed by atoms with Crippen molar-refractivity contribution in [1.29, 1.82) is 0 Å². The van der Waals surface area contributed by atoms with Crippen molar-refractivity contribution in [2.24, 2.45) is 0 Å². The first-order chi connectivity index (χ1) is 12.4. The SMILES string of the molecule is COc1ccc(OC)c([C@H](C)NC(=S)Nc2ccc(OC(F)F)cc2)c1. The molecule has 0 aliphatic heterocycles. The van der Waals surface area contributed by atoms with E-state index < -0.39 is 6.61 Å². The van der Waals surface area contributed by atoms with E-state index in [1.165, 1.54) is 12.1 Å². The monoisotopic (exact) mass is 382 g/mol. The van der Waals surface area contributed by atoms with Crippen molar-refractivity contribution >= 4 is 23.0 Å². The molecule has 0 spiro atoms. The molecule has 5 nitrogen and oxygen atoms in total. The zero-order chi connectivity index (χ0) is 19.1. The minimum atomic E-state index is -2.85. The summed E-state index contributed by atoms with van der Waals surface area (Å²) < 4.78 is 39.3. The molecule has 0 aromatic heterocycles. The van der Waals surface area contributed by atoms with E-state index in [0.29, 0.717) is 22.3 Å². The number of thiocarbonyl (C=S) groups is 1. The van der Waals surface area contributed by atoms with E-state index in [1.807, 2.05) is 25.1 Å². The fraction of sp³-hybridized carbons (Fsp3) is 0.278. The van der Waals surface area contributed by atoms with Crippen LogP contribution in [0.4, 0.5) is 14.5 Å². The number of halogens is 2. The van der Waals surface area contributed by atoms with Gasteiger partial charge < -0.3 is 24.8 Å². The fourth-order valence-electron chi connectivity index (χ4n) is 2.34. The second-order valence-corrected chi connectivity index (χ2v) is 5.74. The molecule has 2 aromatic rings. The summed E-state index contributed by atoms with van der Waals surface area (Å²) in [6, 6.07) is 11.4. The second kappa shape index (κ2) is 9.19. The normalized spacial score (nSPS) is 11.6. The summed E-state index contributed by atoms with van der Waals surface area (Å²) in [5.41, 5.74) is 1.53. The third kappa shape index (κ3) is 5.45. The molecule has 26 heavy (non-hydrogen) atoms. The van der Waals surface area contributed by atoms with Gasteiger partial charge in [0.1, 0.15) is 17.2 Å². The Kier molecular flexibility index (Phi) is 6.97. The summed E-state index contributed by atoms with van der Waals surface area (Å²) in [6.07, 6.45) is 0. The molecule has 0 aliphatic carbocycles. The molecular weight excluding hydrogens is 362 g/mol. The van der Waals surface area contributed by atoms with Crippen LogP contribution in [0.1, 0.15) is 18.5 Å². The molecule has 2 N–H and O–H groups in total. The Morgan fingerprint density at radius 1 is 1.00 bits per heavy atom. The van der Waals surface area contributed by atoms with Gasteiger partial charge in [-0.15, -0.1) is 0 Å². The zero-order valence-electron chi connectivity index (χ0n) is 14.6. The molecule has 0 heterocycles. The highest BCUT2D eigenvalue weighted by Gasteiger charge is 2.14. The van der Waals surface area contributed by atoms with Crippen molar-refractivity contribution in [1.82, 2.24) is 5.32 Å². The molecular formula is C18H20F2N2O3S. The lowest BCUT2D eigenvalue weighted by atomic mass is 10.1. The molecule has 0 aliphatic rings. The first-order valence-corrected chi connectivity index (χ1v) is 8.18. The van der Waals surface area contributed by atoms with Gasteiger partial charge in [-0.1, -0.05) is 0 Å². The highest BCUT2D eigenvalue weighted by Crippen LogP contribution is 2.29. The summed E-state index contributed by atoms with van der Waals surface area (Å²) in [7, 11) is 3.19. The van der Waals surface area contributed by atoms with Gasteiger partial charge >= 0.3 is 6.61 Å². The highest BCUT2D eigenvalue weighted by molar-refractivity contribution is 7.80. The van der Waals surface area contributed by atoms with Crippen molar-refractivity contribution in [2.45, 2.75) is 19.6 Å². The van der Waals surface area contributed by atoms with Gasteiger partial charge in [0.15, 0.2) is 5.11 Å². The van der Waals surface area contributed by atoms with Crippen molar-refractivity contribution < 1.29 is 23.0 Å². The number of anilines is 1. The maximum atomic E-state index is 12.2. The van der Waals surface area contributed by atoms with Gasteiger partial charge in [-0.05, 0) is 61.6 Å². The Bertz CT molecular complexity index is 742. The third-order valence-corrected chi connectivity index (χ3v) is 3.81. The number of nitrogens with one attached hydrogen (secondary N) is 2.